The van der Waals surface area contributed by atoms with Gasteiger partial charge in [0.25, 0.3) is 0 Å². The summed E-state index contributed by atoms with van der Waals surface area (Å²) in [6, 6.07) is 0. The monoisotopic (exact) mass is 301 g/mol. The SMILES string of the molecule is Cc1[nH]ncc1S(=O)(=O)NC(C)(C(=O)O)C(F)(F)F. The van der Waals surface area contributed by atoms with Crippen molar-refractivity contribution in [2.75, 3.05) is 0 Å². The molecule has 1 rings (SSSR count). The summed E-state index contributed by atoms with van der Waals surface area (Å²) in [4.78, 5) is 10.2. The standard InChI is InChI=1S/C8H10F3N3O4S/c1-4-5(3-12-13-4)19(17,18)14-7(2,6(15)16)8(9,10)11/h3,14H,1-2H3,(H,12,13)(H,15,16). The van der Waals surface area contributed by atoms with Crippen LogP contribution in [0.25, 0.3) is 0 Å². The topological polar surface area (TPSA) is 112 Å². The number of aryl methyl sites for hydroxylation is 1. The third-order valence-corrected chi connectivity index (χ3v) is 4.07. The van der Waals surface area contributed by atoms with Crippen LogP contribution in [-0.2, 0) is 14.8 Å². The lowest BCUT2D eigenvalue weighted by atomic mass is 10.0. The smallest absolute Gasteiger partial charge is 0.418 e. The van der Waals surface area contributed by atoms with E-state index in [0.717, 1.165) is 10.9 Å². The molecule has 1 atom stereocenters. The Balaban J connectivity index is 3.26. The molecule has 0 aliphatic rings. The number of hydrogen-bond acceptors (Lipinski definition) is 4. The molecule has 0 spiro atoms. The number of halogens is 3. The molecular weight excluding hydrogens is 291 g/mol. The summed E-state index contributed by atoms with van der Waals surface area (Å²) in [7, 11) is -4.68. The van der Waals surface area contributed by atoms with E-state index in [2.05, 4.69) is 10.2 Å². The van der Waals surface area contributed by atoms with Gasteiger partial charge in [0.2, 0.25) is 15.6 Å². The molecule has 0 saturated carbocycles. The molecule has 1 aromatic heterocycles. The molecule has 7 nitrogen and oxygen atoms in total. The maximum Gasteiger partial charge on any atom is 0.418 e. The molecular formula is C8H10F3N3O4S. The van der Waals surface area contributed by atoms with E-state index < -0.39 is 32.6 Å². The molecule has 108 valence electrons. The molecule has 0 saturated heterocycles. The minimum Gasteiger partial charge on any atom is -0.480 e. The Morgan fingerprint density at radius 2 is 2.00 bits per heavy atom. The van der Waals surface area contributed by atoms with E-state index in [-0.39, 0.29) is 12.6 Å². The van der Waals surface area contributed by atoms with Crippen molar-refractivity contribution in [3.8, 4) is 0 Å². The Morgan fingerprint density at radius 1 is 1.47 bits per heavy atom. The van der Waals surface area contributed by atoms with Gasteiger partial charge in [-0.1, -0.05) is 0 Å². The fourth-order valence-electron chi connectivity index (χ4n) is 1.16. The number of aliphatic carboxylic acids is 1. The summed E-state index contributed by atoms with van der Waals surface area (Å²) in [6.45, 7) is 1.50. The van der Waals surface area contributed by atoms with E-state index in [1.807, 2.05) is 0 Å². The number of sulfonamides is 1. The number of nitrogens with zero attached hydrogens (tertiary/aromatic N) is 1. The number of H-pyrrole nitrogens is 1. The van der Waals surface area contributed by atoms with Gasteiger partial charge in [-0.05, 0) is 13.8 Å². The number of carbonyl (C=O) groups is 1. The number of aromatic amines is 1. The van der Waals surface area contributed by atoms with Gasteiger partial charge in [-0.25, -0.2) is 13.2 Å². The molecule has 1 aromatic rings. The van der Waals surface area contributed by atoms with Gasteiger partial charge in [-0.3, -0.25) is 5.10 Å². The van der Waals surface area contributed by atoms with E-state index in [1.165, 1.54) is 6.92 Å². The molecule has 0 amide bonds. The van der Waals surface area contributed by atoms with E-state index in [4.69, 9.17) is 5.11 Å². The highest BCUT2D eigenvalue weighted by Crippen LogP contribution is 2.32. The molecule has 0 radical (unpaired) electrons. The summed E-state index contributed by atoms with van der Waals surface area (Å²) < 4.78 is 62.7. The molecule has 1 heterocycles. The van der Waals surface area contributed by atoms with Crippen LogP contribution in [-0.4, -0.2) is 41.4 Å². The van der Waals surface area contributed by atoms with Crippen LogP contribution in [0.4, 0.5) is 13.2 Å². The first-order chi connectivity index (χ1) is 8.42. The van der Waals surface area contributed by atoms with Crippen molar-refractivity contribution in [1.29, 1.82) is 0 Å². The van der Waals surface area contributed by atoms with E-state index in [1.54, 1.807) is 0 Å². The van der Waals surface area contributed by atoms with Gasteiger partial charge < -0.3 is 5.11 Å². The Morgan fingerprint density at radius 3 is 2.32 bits per heavy atom. The van der Waals surface area contributed by atoms with Crippen LogP contribution in [0.5, 0.6) is 0 Å². The largest absolute Gasteiger partial charge is 0.480 e. The van der Waals surface area contributed by atoms with Gasteiger partial charge in [0.1, 0.15) is 4.90 Å². The highest BCUT2D eigenvalue weighted by atomic mass is 32.2. The first-order valence-electron chi connectivity index (χ1n) is 4.76. The summed E-state index contributed by atoms with van der Waals surface area (Å²) >= 11 is 0. The number of alkyl halides is 3. The number of aromatic nitrogens is 2. The zero-order valence-corrected chi connectivity index (χ0v) is 10.6. The first-order valence-corrected chi connectivity index (χ1v) is 6.24. The van der Waals surface area contributed by atoms with Crippen molar-refractivity contribution in [2.45, 2.75) is 30.5 Å². The summed E-state index contributed by atoms with van der Waals surface area (Å²) in [6.07, 6.45) is -4.51. The van der Waals surface area contributed by atoms with Crippen molar-refractivity contribution in [3.05, 3.63) is 11.9 Å². The second-order valence-electron chi connectivity index (χ2n) is 3.89. The van der Waals surface area contributed by atoms with Crippen LogP contribution in [0.2, 0.25) is 0 Å². The molecule has 19 heavy (non-hydrogen) atoms. The Labute approximate surface area is 105 Å². The van der Waals surface area contributed by atoms with Gasteiger partial charge in [-0.2, -0.15) is 23.0 Å². The predicted molar refractivity (Wildman–Crippen MR) is 55.7 cm³/mol. The highest BCUT2D eigenvalue weighted by molar-refractivity contribution is 7.89. The van der Waals surface area contributed by atoms with Crippen molar-refractivity contribution >= 4 is 16.0 Å². The Bertz CT molecular complexity index is 595. The lowest BCUT2D eigenvalue weighted by Crippen LogP contribution is -2.61. The second kappa shape index (κ2) is 4.49. The lowest BCUT2D eigenvalue weighted by molar-refractivity contribution is -0.201. The zero-order valence-electron chi connectivity index (χ0n) is 9.74. The van der Waals surface area contributed by atoms with Gasteiger partial charge in [-0.15, -0.1) is 0 Å². The van der Waals surface area contributed by atoms with Crippen LogP contribution < -0.4 is 4.72 Å². The molecule has 0 fully saturated rings. The number of carboxylic acids is 1. The summed E-state index contributed by atoms with van der Waals surface area (Å²) in [5, 5.41) is 14.2. The minimum absolute atomic E-state index is 0.0117. The highest BCUT2D eigenvalue weighted by Gasteiger charge is 2.59. The third-order valence-electron chi connectivity index (χ3n) is 2.41. The predicted octanol–water partition coefficient (Wildman–Crippen LogP) is 0.402. The fraction of sp³-hybridized carbons (Fsp3) is 0.500. The maximum absolute atomic E-state index is 12.7. The molecule has 0 aromatic carbocycles. The quantitative estimate of drug-likeness (QED) is 0.745. The Hall–Kier alpha value is -1.62. The average Bonchev–Trinajstić information content (AvgIpc) is 2.62. The summed E-state index contributed by atoms with van der Waals surface area (Å²) in [5.41, 5.74) is -3.64. The molecule has 0 aliphatic heterocycles. The van der Waals surface area contributed by atoms with Gasteiger partial charge in [0.15, 0.2) is 0 Å². The van der Waals surface area contributed by atoms with Crippen LogP contribution in [0.3, 0.4) is 0 Å². The Kier molecular flexibility index (Phi) is 3.65. The molecule has 0 aliphatic carbocycles. The van der Waals surface area contributed by atoms with Crippen LogP contribution >= 0.6 is 0 Å². The van der Waals surface area contributed by atoms with Gasteiger partial charge in [0.05, 0.1) is 11.9 Å². The summed E-state index contributed by atoms with van der Waals surface area (Å²) in [5.74, 6) is -2.36. The molecule has 0 bridgehead atoms. The van der Waals surface area contributed by atoms with Crippen LogP contribution in [0.1, 0.15) is 12.6 Å². The van der Waals surface area contributed by atoms with Crippen molar-refractivity contribution in [1.82, 2.24) is 14.9 Å². The molecule has 1 unspecified atom stereocenters. The first kappa shape index (κ1) is 15.4. The van der Waals surface area contributed by atoms with Crippen molar-refractivity contribution in [3.63, 3.8) is 0 Å². The fourth-order valence-corrected chi connectivity index (χ4v) is 2.65. The zero-order chi connectivity index (χ0) is 15.1. The minimum atomic E-state index is -5.30. The number of hydrogen-bond donors (Lipinski definition) is 3. The maximum atomic E-state index is 12.7. The number of carboxylic acid groups (broad SMARTS) is 1. The van der Waals surface area contributed by atoms with Crippen molar-refractivity contribution in [2.24, 2.45) is 0 Å². The normalized spacial score (nSPS) is 16.1. The van der Waals surface area contributed by atoms with Gasteiger partial charge in [0, 0.05) is 0 Å². The lowest BCUT2D eigenvalue weighted by Gasteiger charge is -2.28. The van der Waals surface area contributed by atoms with Gasteiger partial charge >= 0.3 is 12.1 Å². The molecule has 3 N–H and O–H groups in total. The van der Waals surface area contributed by atoms with E-state index >= 15 is 0 Å². The van der Waals surface area contributed by atoms with E-state index in [0.29, 0.717) is 0 Å². The van der Waals surface area contributed by atoms with Crippen LogP contribution in [0, 0.1) is 6.92 Å². The number of nitrogens with one attached hydrogen (secondary N) is 2. The van der Waals surface area contributed by atoms with Crippen LogP contribution in [0.15, 0.2) is 11.1 Å². The third kappa shape index (κ3) is 2.71. The second-order valence-corrected chi connectivity index (χ2v) is 5.54. The van der Waals surface area contributed by atoms with Crippen molar-refractivity contribution < 1.29 is 31.5 Å². The number of rotatable bonds is 4. The molecule has 11 heteroatoms. The van der Waals surface area contributed by atoms with E-state index in [9.17, 15) is 26.4 Å². The average molecular weight is 301 g/mol.